The molecular formula is C13H19N3O2. The number of nitrogens with zero attached hydrogens (tertiary/aromatic N) is 1. The second-order valence-electron chi connectivity index (χ2n) is 4.93. The van der Waals surface area contributed by atoms with Gasteiger partial charge < -0.3 is 21.5 Å². The molecule has 5 nitrogen and oxygen atoms in total. The molecule has 98 valence electrons. The number of carbonyl (C=O) groups excluding carboxylic acids is 1. The number of rotatable bonds is 2. The summed E-state index contributed by atoms with van der Waals surface area (Å²) in [4.78, 5) is 14.0. The average Bonchev–Trinajstić information content (AvgIpc) is 2.75. The normalized spacial score (nSPS) is 21.0. The van der Waals surface area contributed by atoms with Crippen LogP contribution >= 0.6 is 0 Å². The molecule has 2 atom stereocenters. The van der Waals surface area contributed by atoms with Gasteiger partial charge in [-0.05, 0) is 31.5 Å². The third kappa shape index (κ3) is 2.56. The van der Waals surface area contributed by atoms with Crippen molar-refractivity contribution in [2.75, 3.05) is 24.6 Å². The first-order valence-electron chi connectivity index (χ1n) is 6.10. The number of aliphatic hydroxyl groups excluding tert-OH is 1. The van der Waals surface area contributed by atoms with E-state index in [1.165, 1.54) is 0 Å². The van der Waals surface area contributed by atoms with Gasteiger partial charge >= 0.3 is 0 Å². The largest absolute Gasteiger partial charge is 0.399 e. The summed E-state index contributed by atoms with van der Waals surface area (Å²) in [7, 11) is 0. The smallest absolute Gasteiger partial charge is 0.254 e. The van der Waals surface area contributed by atoms with Crippen LogP contribution in [0.3, 0.4) is 0 Å². The van der Waals surface area contributed by atoms with Crippen molar-refractivity contribution in [3.63, 3.8) is 0 Å². The SMILES string of the molecule is CC(O)C1CCN(C(=O)c2cc(N)cc(N)c2)C1. The predicted molar refractivity (Wildman–Crippen MR) is 71.0 cm³/mol. The third-order valence-electron chi connectivity index (χ3n) is 3.42. The molecule has 1 saturated heterocycles. The number of carbonyl (C=O) groups is 1. The van der Waals surface area contributed by atoms with Crippen molar-refractivity contribution < 1.29 is 9.90 Å². The first kappa shape index (κ1) is 12.7. The number of aliphatic hydroxyl groups is 1. The fourth-order valence-corrected chi connectivity index (χ4v) is 2.35. The van der Waals surface area contributed by atoms with Crippen LogP contribution in [0.4, 0.5) is 11.4 Å². The predicted octanol–water partition coefficient (Wildman–Crippen LogP) is 0.694. The van der Waals surface area contributed by atoms with Crippen LogP contribution in [0.2, 0.25) is 0 Å². The Bertz CT molecular complexity index is 439. The highest BCUT2D eigenvalue weighted by molar-refractivity contribution is 5.96. The first-order chi connectivity index (χ1) is 8.47. The van der Waals surface area contributed by atoms with Crippen LogP contribution in [0.1, 0.15) is 23.7 Å². The Morgan fingerprint density at radius 2 is 2.00 bits per heavy atom. The minimum Gasteiger partial charge on any atom is -0.399 e. The molecule has 18 heavy (non-hydrogen) atoms. The van der Waals surface area contributed by atoms with Crippen molar-refractivity contribution in [3.8, 4) is 0 Å². The lowest BCUT2D eigenvalue weighted by atomic mass is 10.0. The highest BCUT2D eigenvalue weighted by Gasteiger charge is 2.29. The molecule has 0 saturated carbocycles. The standard InChI is InChI=1S/C13H19N3O2/c1-8(17)9-2-3-16(7-9)13(18)10-4-11(14)6-12(15)5-10/h4-6,8-9,17H,2-3,7,14-15H2,1H3. The lowest BCUT2D eigenvalue weighted by Crippen LogP contribution is -2.30. The minimum atomic E-state index is -0.381. The first-order valence-corrected chi connectivity index (χ1v) is 6.10. The highest BCUT2D eigenvalue weighted by atomic mass is 16.3. The maximum absolute atomic E-state index is 12.3. The summed E-state index contributed by atoms with van der Waals surface area (Å²) in [5.41, 5.74) is 12.9. The average molecular weight is 249 g/mol. The third-order valence-corrected chi connectivity index (χ3v) is 3.42. The van der Waals surface area contributed by atoms with Gasteiger partial charge in [0.25, 0.3) is 5.91 Å². The van der Waals surface area contributed by atoms with Crippen LogP contribution in [-0.4, -0.2) is 35.1 Å². The van der Waals surface area contributed by atoms with Crippen molar-refractivity contribution in [2.24, 2.45) is 5.92 Å². The lowest BCUT2D eigenvalue weighted by Gasteiger charge is -2.18. The summed E-state index contributed by atoms with van der Waals surface area (Å²) >= 11 is 0. The Morgan fingerprint density at radius 1 is 1.39 bits per heavy atom. The summed E-state index contributed by atoms with van der Waals surface area (Å²) < 4.78 is 0. The van der Waals surface area contributed by atoms with Gasteiger partial charge in [-0.3, -0.25) is 4.79 Å². The quantitative estimate of drug-likeness (QED) is 0.672. The maximum Gasteiger partial charge on any atom is 0.254 e. The number of nitrogens with two attached hydrogens (primary N) is 2. The summed E-state index contributed by atoms with van der Waals surface area (Å²) in [6.45, 7) is 3.02. The zero-order valence-corrected chi connectivity index (χ0v) is 10.5. The van der Waals surface area contributed by atoms with E-state index in [9.17, 15) is 9.90 Å². The van der Waals surface area contributed by atoms with Crippen molar-refractivity contribution in [3.05, 3.63) is 23.8 Å². The number of benzene rings is 1. The second-order valence-corrected chi connectivity index (χ2v) is 4.93. The number of likely N-dealkylation sites (tertiary alicyclic amines) is 1. The fourth-order valence-electron chi connectivity index (χ4n) is 2.35. The van der Waals surface area contributed by atoms with E-state index in [4.69, 9.17) is 11.5 Å². The van der Waals surface area contributed by atoms with E-state index < -0.39 is 0 Å². The van der Waals surface area contributed by atoms with Gasteiger partial charge in [-0.2, -0.15) is 0 Å². The summed E-state index contributed by atoms with van der Waals surface area (Å²) in [6, 6.07) is 4.89. The van der Waals surface area contributed by atoms with Crippen LogP contribution in [-0.2, 0) is 0 Å². The van der Waals surface area contributed by atoms with E-state index in [1.807, 2.05) is 0 Å². The molecule has 5 N–H and O–H groups in total. The number of nitrogen functional groups attached to an aromatic ring is 2. The summed E-state index contributed by atoms with van der Waals surface area (Å²) in [5, 5.41) is 9.53. The molecule has 2 rings (SSSR count). The molecule has 1 aromatic rings. The van der Waals surface area contributed by atoms with Crippen LogP contribution in [0.15, 0.2) is 18.2 Å². The van der Waals surface area contributed by atoms with E-state index in [0.717, 1.165) is 6.42 Å². The molecule has 0 radical (unpaired) electrons. The molecule has 1 fully saturated rings. The van der Waals surface area contributed by atoms with Crippen molar-refractivity contribution >= 4 is 17.3 Å². The molecule has 0 spiro atoms. The van der Waals surface area contributed by atoms with E-state index in [1.54, 1.807) is 30.0 Å². The zero-order chi connectivity index (χ0) is 13.3. The molecule has 1 aromatic carbocycles. The summed E-state index contributed by atoms with van der Waals surface area (Å²) in [6.07, 6.45) is 0.454. The number of anilines is 2. The molecule has 1 heterocycles. The Labute approximate surface area is 106 Å². The zero-order valence-electron chi connectivity index (χ0n) is 10.5. The summed E-state index contributed by atoms with van der Waals surface area (Å²) in [5.74, 6) is 0.0875. The number of amides is 1. The molecule has 2 unspecified atom stereocenters. The van der Waals surface area contributed by atoms with E-state index in [-0.39, 0.29) is 17.9 Å². The van der Waals surface area contributed by atoms with Crippen molar-refractivity contribution in [1.29, 1.82) is 0 Å². The van der Waals surface area contributed by atoms with Crippen LogP contribution in [0.25, 0.3) is 0 Å². The van der Waals surface area contributed by atoms with Gasteiger partial charge in [0.05, 0.1) is 6.10 Å². The van der Waals surface area contributed by atoms with Crippen molar-refractivity contribution in [1.82, 2.24) is 4.90 Å². The fraction of sp³-hybridized carbons (Fsp3) is 0.462. The Balaban J connectivity index is 2.12. The monoisotopic (exact) mass is 249 g/mol. The lowest BCUT2D eigenvalue weighted by molar-refractivity contribution is 0.0762. The van der Waals surface area contributed by atoms with Gasteiger partial charge in [-0.25, -0.2) is 0 Å². The van der Waals surface area contributed by atoms with Gasteiger partial charge in [0.2, 0.25) is 0 Å². The highest BCUT2D eigenvalue weighted by Crippen LogP contribution is 2.23. The number of hydrogen-bond donors (Lipinski definition) is 3. The molecule has 1 amide bonds. The Kier molecular flexibility index (Phi) is 3.43. The number of hydrogen-bond acceptors (Lipinski definition) is 4. The van der Waals surface area contributed by atoms with Gasteiger partial charge in [0.1, 0.15) is 0 Å². The van der Waals surface area contributed by atoms with Gasteiger partial charge in [-0.1, -0.05) is 0 Å². The second kappa shape index (κ2) is 4.86. The molecule has 1 aliphatic heterocycles. The molecule has 0 bridgehead atoms. The Morgan fingerprint density at radius 3 is 2.50 bits per heavy atom. The van der Waals surface area contributed by atoms with Crippen molar-refractivity contribution in [2.45, 2.75) is 19.4 Å². The molecule has 5 heteroatoms. The van der Waals surface area contributed by atoms with Gasteiger partial charge in [-0.15, -0.1) is 0 Å². The molecule has 1 aliphatic rings. The van der Waals surface area contributed by atoms with E-state index >= 15 is 0 Å². The molecule has 0 aromatic heterocycles. The maximum atomic E-state index is 12.3. The minimum absolute atomic E-state index is 0.0721. The Hall–Kier alpha value is -1.75. The van der Waals surface area contributed by atoms with E-state index in [0.29, 0.717) is 30.0 Å². The van der Waals surface area contributed by atoms with E-state index in [2.05, 4.69) is 0 Å². The topological polar surface area (TPSA) is 92.6 Å². The molecular weight excluding hydrogens is 230 g/mol. The van der Waals surface area contributed by atoms with Gasteiger partial charge in [0.15, 0.2) is 0 Å². The molecule has 0 aliphatic carbocycles. The van der Waals surface area contributed by atoms with Crippen LogP contribution < -0.4 is 11.5 Å². The van der Waals surface area contributed by atoms with Crippen LogP contribution in [0.5, 0.6) is 0 Å². The van der Waals surface area contributed by atoms with Gasteiger partial charge in [0, 0.05) is 35.9 Å². The van der Waals surface area contributed by atoms with Crippen LogP contribution in [0, 0.1) is 5.92 Å².